The zero-order chi connectivity index (χ0) is 14.1. The predicted molar refractivity (Wildman–Crippen MR) is 69.7 cm³/mol. The lowest BCUT2D eigenvalue weighted by molar-refractivity contribution is -0.138. The second-order valence-electron chi connectivity index (χ2n) is 4.75. The summed E-state index contributed by atoms with van der Waals surface area (Å²) >= 11 is 0. The SMILES string of the molecule is Cc1cc(N2CCOCC2CC(=O)O)n2ncnc2n1. The molecule has 0 spiro atoms. The minimum absolute atomic E-state index is 0.0254. The topological polar surface area (TPSA) is 92.8 Å². The maximum Gasteiger partial charge on any atom is 0.305 e. The van der Waals surface area contributed by atoms with Crippen molar-refractivity contribution >= 4 is 17.6 Å². The monoisotopic (exact) mass is 277 g/mol. The van der Waals surface area contributed by atoms with E-state index in [1.54, 1.807) is 4.52 Å². The Morgan fingerprint density at radius 3 is 3.25 bits per heavy atom. The number of fused-ring (bicyclic) bond motifs is 1. The molecule has 0 aliphatic carbocycles. The van der Waals surface area contributed by atoms with Gasteiger partial charge in [0.2, 0.25) is 0 Å². The van der Waals surface area contributed by atoms with Crippen molar-refractivity contribution in [2.75, 3.05) is 24.7 Å². The van der Waals surface area contributed by atoms with E-state index in [1.165, 1.54) is 6.33 Å². The molecule has 0 bridgehead atoms. The fraction of sp³-hybridized carbons (Fsp3) is 0.500. The van der Waals surface area contributed by atoms with Crippen LogP contribution in [0.3, 0.4) is 0 Å². The molecule has 3 rings (SSSR count). The zero-order valence-corrected chi connectivity index (χ0v) is 11.1. The first-order valence-electron chi connectivity index (χ1n) is 6.38. The van der Waals surface area contributed by atoms with Gasteiger partial charge in [0.1, 0.15) is 12.1 Å². The Kier molecular flexibility index (Phi) is 3.23. The molecule has 1 atom stereocenters. The number of carboxylic acid groups (broad SMARTS) is 1. The molecule has 1 N–H and O–H groups in total. The summed E-state index contributed by atoms with van der Waals surface area (Å²) in [5.41, 5.74) is 0.820. The Morgan fingerprint density at radius 2 is 2.45 bits per heavy atom. The Bertz CT molecular complexity index is 641. The quantitative estimate of drug-likeness (QED) is 0.851. The van der Waals surface area contributed by atoms with Crippen LogP contribution in [0.5, 0.6) is 0 Å². The van der Waals surface area contributed by atoms with Gasteiger partial charge < -0.3 is 14.7 Å². The van der Waals surface area contributed by atoms with Crippen LogP contribution in [-0.2, 0) is 9.53 Å². The number of morpholine rings is 1. The van der Waals surface area contributed by atoms with Crippen molar-refractivity contribution in [1.82, 2.24) is 19.6 Å². The third-order valence-electron chi connectivity index (χ3n) is 3.29. The van der Waals surface area contributed by atoms with Gasteiger partial charge in [0.15, 0.2) is 0 Å². The molecule has 1 fully saturated rings. The van der Waals surface area contributed by atoms with E-state index >= 15 is 0 Å². The lowest BCUT2D eigenvalue weighted by atomic mass is 10.1. The van der Waals surface area contributed by atoms with Crippen LogP contribution in [-0.4, -0.2) is 56.5 Å². The molecular weight excluding hydrogens is 262 g/mol. The van der Waals surface area contributed by atoms with Crippen LogP contribution in [0.4, 0.5) is 5.82 Å². The molecule has 1 aliphatic heterocycles. The maximum atomic E-state index is 11.0. The summed E-state index contributed by atoms with van der Waals surface area (Å²) in [4.78, 5) is 21.4. The smallest absolute Gasteiger partial charge is 0.305 e. The van der Waals surface area contributed by atoms with Crippen molar-refractivity contribution in [2.24, 2.45) is 0 Å². The molecule has 3 heterocycles. The summed E-state index contributed by atoms with van der Waals surface area (Å²) in [7, 11) is 0. The van der Waals surface area contributed by atoms with Gasteiger partial charge in [-0.25, -0.2) is 4.98 Å². The van der Waals surface area contributed by atoms with Gasteiger partial charge in [0, 0.05) is 18.3 Å². The van der Waals surface area contributed by atoms with Crippen molar-refractivity contribution in [2.45, 2.75) is 19.4 Å². The maximum absolute atomic E-state index is 11.0. The highest BCUT2D eigenvalue weighted by Gasteiger charge is 2.27. The second-order valence-corrected chi connectivity index (χ2v) is 4.75. The largest absolute Gasteiger partial charge is 0.481 e. The number of carbonyl (C=O) groups is 1. The van der Waals surface area contributed by atoms with Crippen molar-refractivity contribution in [3.63, 3.8) is 0 Å². The summed E-state index contributed by atoms with van der Waals surface area (Å²) in [6, 6.07) is 1.68. The van der Waals surface area contributed by atoms with E-state index in [-0.39, 0.29) is 12.5 Å². The second kappa shape index (κ2) is 5.04. The highest BCUT2D eigenvalue weighted by atomic mass is 16.5. The Labute approximate surface area is 115 Å². The molecule has 20 heavy (non-hydrogen) atoms. The first-order valence-corrected chi connectivity index (χ1v) is 6.38. The number of hydrogen-bond acceptors (Lipinski definition) is 6. The number of anilines is 1. The van der Waals surface area contributed by atoms with Gasteiger partial charge in [-0.15, -0.1) is 0 Å². The van der Waals surface area contributed by atoms with Crippen LogP contribution in [0, 0.1) is 6.92 Å². The summed E-state index contributed by atoms with van der Waals surface area (Å²) in [6.07, 6.45) is 1.47. The Morgan fingerprint density at radius 1 is 1.60 bits per heavy atom. The number of hydrogen-bond donors (Lipinski definition) is 1. The van der Waals surface area contributed by atoms with E-state index in [0.29, 0.717) is 25.5 Å². The number of aliphatic carboxylic acids is 1. The lowest BCUT2D eigenvalue weighted by Gasteiger charge is -2.36. The minimum Gasteiger partial charge on any atom is -0.481 e. The number of aromatic nitrogens is 4. The summed E-state index contributed by atoms with van der Waals surface area (Å²) in [5.74, 6) is 0.478. The van der Waals surface area contributed by atoms with Crippen LogP contribution in [0.25, 0.3) is 5.78 Å². The molecule has 0 radical (unpaired) electrons. The molecule has 0 aromatic carbocycles. The summed E-state index contributed by atoms with van der Waals surface area (Å²) in [5, 5.41) is 13.2. The molecule has 8 heteroatoms. The van der Waals surface area contributed by atoms with Crippen LogP contribution in [0.1, 0.15) is 12.1 Å². The standard InChI is InChI=1S/C12H15N5O3/c1-8-4-10(17-12(15-8)13-7-14-17)16-2-3-20-6-9(16)5-11(18)19/h4,7,9H,2-3,5-6H2,1H3,(H,18,19). The molecule has 106 valence electrons. The molecule has 1 saturated heterocycles. The van der Waals surface area contributed by atoms with Gasteiger partial charge in [-0.3, -0.25) is 4.79 Å². The molecule has 2 aromatic rings. The molecular formula is C12H15N5O3. The van der Waals surface area contributed by atoms with Crippen LogP contribution < -0.4 is 4.90 Å². The van der Waals surface area contributed by atoms with E-state index in [1.807, 2.05) is 17.9 Å². The minimum atomic E-state index is -0.842. The third kappa shape index (κ3) is 2.29. The number of aryl methyl sites for hydroxylation is 1. The molecule has 0 amide bonds. The van der Waals surface area contributed by atoms with Crippen molar-refractivity contribution in [3.05, 3.63) is 18.1 Å². The van der Waals surface area contributed by atoms with Crippen LogP contribution in [0.15, 0.2) is 12.4 Å². The summed E-state index contributed by atoms with van der Waals surface area (Å²) < 4.78 is 7.02. The van der Waals surface area contributed by atoms with E-state index in [4.69, 9.17) is 9.84 Å². The fourth-order valence-corrected chi connectivity index (χ4v) is 2.44. The normalized spacial score (nSPS) is 19.4. The first-order chi connectivity index (χ1) is 9.65. The highest BCUT2D eigenvalue weighted by Crippen LogP contribution is 2.22. The highest BCUT2D eigenvalue weighted by molar-refractivity contribution is 5.68. The van der Waals surface area contributed by atoms with Crippen molar-refractivity contribution < 1.29 is 14.6 Å². The molecule has 8 nitrogen and oxygen atoms in total. The van der Waals surface area contributed by atoms with Gasteiger partial charge in [-0.05, 0) is 6.92 Å². The van der Waals surface area contributed by atoms with Crippen molar-refractivity contribution in [1.29, 1.82) is 0 Å². The van der Waals surface area contributed by atoms with Gasteiger partial charge >= 0.3 is 5.97 Å². The number of nitrogens with zero attached hydrogens (tertiary/aromatic N) is 5. The lowest BCUT2D eigenvalue weighted by Crippen LogP contribution is -2.47. The van der Waals surface area contributed by atoms with Gasteiger partial charge in [0.05, 0.1) is 25.7 Å². The van der Waals surface area contributed by atoms with E-state index < -0.39 is 5.97 Å². The van der Waals surface area contributed by atoms with Gasteiger partial charge in [-0.1, -0.05) is 0 Å². The number of carboxylic acids is 1. The van der Waals surface area contributed by atoms with Crippen LogP contribution in [0.2, 0.25) is 0 Å². The van der Waals surface area contributed by atoms with Crippen LogP contribution >= 0.6 is 0 Å². The van der Waals surface area contributed by atoms with E-state index in [2.05, 4.69) is 15.1 Å². The average molecular weight is 277 g/mol. The van der Waals surface area contributed by atoms with E-state index in [0.717, 1.165) is 11.5 Å². The summed E-state index contributed by atoms with van der Waals surface area (Å²) in [6.45, 7) is 3.46. The number of rotatable bonds is 3. The predicted octanol–water partition coefficient (Wildman–Crippen LogP) is 0.113. The third-order valence-corrected chi connectivity index (χ3v) is 3.29. The molecule has 1 unspecified atom stereocenters. The first kappa shape index (κ1) is 12.8. The molecule has 1 aliphatic rings. The van der Waals surface area contributed by atoms with Gasteiger partial charge in [0.25, 0.3) is 5.78 Å². The Hall–Kier alpha value is -2.22. The van der Waals surface area contributed by atoms with Gasteiger partial charge in [-0.2, -0.15) is 14.6 Å². The molecule has 0 saturated carbocycles. The average Bonchev–Trinajstić information content (AvgIpc) is 2.86. The zero-order valence-electron chi connectivity index (χ0n) is 11.1. The Balaban J connectivity index is 2.02. The fourth-order valence-electron chi connectivity index (χ4n) is 2.44. The van der Waals surface area contributed by atoms with E-state index in [9.17, 15) is 4.79 Å². The molecule has 2 aromatic heterocycles. The number of ether oxygens (including phenoxy) is 1. The van der Waals surface area contributed by atoms with Crippen molar-refractivity contribution in [3.8, 4) is 0 Å².